The smallest absolute Gasteiger partial charge is 0.343 e. The van der Waals surface area contributed by atoms with Gasteiger partial charge in [-0.15, -0.1) is 11.3 Å². The monoisotopic (exact) mass is 434 g/mol. The summed E-state index contributed by atoms with van der Waals surface area (Å²) in [6.45, 7) is -0.182. The van der Waals surface area contributed by atoms with E-state index in [2.05, 4.69) is 10.2 Å². The van der Waals surface area contributed by atoms with Crippen molar-refractivity contribution in [3.05, 3.63) is 57.1 Å². The van der Waals surface area contributed by atoms with Gasteiger partial charge in [-0.05, 0) is 47.4 Å². The number of ether oxygens (including phenoxy) is 2. The fourth-order valence-electron chi connectivity index (χ4n) is 2.14. The van der Waals surface area contributed by atoms with E-state index in [1.165, 1.54) is 18.4 Å². The van der Waals surface area contributed by atoms with E-state index in [4.69, 9.17) is 17.0 Å². The van der Waals surface area contributed by atoms with Crippen molar-refractivity contribution in [2.45, 2.75) is 0 Å². The number of hydrogen-bond donors (Lipinski definition) is 1. The van der Waals surface area contributed by atoms with Crippen LogP contribution in [-0.4, -0.2) is 40.8 Å². The standard InChI is InChI=1S/C18H14N2O5S3/c1-24-15(21)10-25-12-6-4-11(5-7-12)9-14-17(23)20(18(26)28-14)19-16(22)13-3-2-8-27-13/h2-9H,10H2,1H3,(H,19,22)/b14-9-. The van der Waals surface area contributed by atoms with Gasteiger partial charge in [0.25, 0.3) is 11.8 Å². The van der Waals surface area contributed by atoms with Gasteiger partial charge in [0, 0.05) is 0 Å². The Bertz CT molecular complexity index is 939. The number of thioether (sulfide) groups is 1. The molecule has 0 unspecified atom stereocenters. The highest BCUT2D eigenvalue weighted by Gasteiger charge is 2.33. The molecule has 1 N–H and O–H groups in total. The summed E-state index contributed by atoms with van der Waals surface area (Å²) >= 11 is 7.58. The molecule has 1 aliphatic rings. The number of hydrazine groups is 1. The van der Waals surface area contributed by atoms with Crippen LogP contribution < -0.4 is 10.2 Å². The summed E-state index contributed by atoms with van der Waals surface area (Å²) in [6, 6.07) is 10.2. The molecule has 144 valence electrons. The molecule has 0 radical (unpaired) electrons. The summed E-state index contributed by atoms with van der Waals surface area (Å²) in [5.74, 6) is -0.763. The molecule has 1 aromatic carbocycles. The van der Waals surface area contributed by atoms with Crippen molar-refractivity contribution < 1.29 is 23.9 Å². The number of methoxy groups -OCH3 is 1. The number of esters is 1. The van der Waals surface area contributed by atoms with E-state index in [0.29, 0.717) is 15.5 Å². The molecule has 0 aliphatic carbocycles. The molecule has 1 aromatic heterocycles. The van der Waals surface area contributed by atoms with Gasteiger partial charge in [-0.1, -0.05) is 30.0 Å². The molecule has 1 saturated heterocycles. The molecule has 2 heterocycles. The molecular weight excluding hydrogens is 420 g/mol. The van der Waals surface area contributed by atoms with Crippen molar-refractivity contribution >= 4 is 63.5 Å². The maximum atomic E-state index is 12.6. The van der Waals surface area contributed by atoms with Gasteiger partial charge in [-0.2, -0.15) is 5.01 Å². The van der Waals surface area contributed by atoms with Crippen LogP contribution >= 0.6 is 35.3 Å². The average molecular weight is 435 g/mol. The molecule has 1 aliphatic heterocycles. The van der Waals surface area contributed by atoms with E-state index in [9.17, 15) is 14.4 Å². The summed E-state index contributed by atoms with van der Waals surface area (Å²) in [5.41, 5.74) is 3.27. The number of nitrogens with one attached hydrogen (secondary N) is 1. The first-order valence-electron chi connectivity index (χ1n) is 7.90. The van der Waals surface area contributed by atoms with E-state index in [1.54, 1.807) is 47.9 Å². The van der Waals surface area contributed by atoms with Crippen molar-refractivity contribution in [3.63, 3.8) is 0 Å². The third kappa shape index (κ3) is 4.77. The zero-order valence-electron chi connectivity index (χ0n) is 14.5. The Kier molecular flexibility index (Phi) is 6.45. The number of nitrogens with zero attached hydrogens (tertiary/aromatic N) is 1. The fourth-order valence-corrected chi connectivity index (χ4v) is 3.93. The quantitative estimate of drug-likeness (QED) is 0.425. The Morgan fingerprint density at radius 2 is 2.00 bits per heavy atom. The summed E-state index contributed by atoms with van der Waals surface area (Å²) in [4.78, 5) is 36.7. The third-order valence-electron chi connectivity index (χ3n) is 3.51. The van der Waals surface area contributed by atoms with E-state index in [0.717, 1.165) is 22.3 Å². The maximum absolute atomic E-state index is 12.6. The van der Waals surface area contributed by atoms with Crippen LogP contribution in [0, 0.1) is 0 Å². The number of thiophene rings is 1. The van der Waals surface area contributed by atoms with E-state index >= 15 is 0 Å². The zero-order chi connectivity index (χ0) is 20.1. The Labute approximate surface area is 174 Å². The first-order chi connectivity index (χ1) is 13.5. The molecule has 10 heteroatoms. The molecule has 0 spiro atoms. The van der Waals surface area contributed by atoms with Gasteiger partial charge in [0.2, 0.25) is 0 Å². The largest absolute Gasteiger partial charge is 0.482 e. The predicted octanol–water partition coefficient (Wildman–Crippen LogP) is 2.85. The Hall–Kier alpha value is -2.69. The number of amides is 2. The second-order valence-corrected chi connectivity index (χ2v) is 7.99. The van der Waals surface area contributed by atoms with Crippen molar-refractivity contribution in [2.24, 2.45) is 0 Å². The lowest BCUT2D eigenvalue weighted by molar-refractivity contribution is -0.142. The first kappa shape index (κ1) is 20.1. The van der Waals surface area contributed by atoms with Gasteiger partial charge >= 0.3 is 5.97 Å². The molecular formula is C18H14N2O5S3. The SMILES string of the molecule is COC(=O)COc1ccc(/C=C2\SC(=S)N(NC(=O)c3cccs3)C2=O)cc1. The number of hydrogen-bond acceptors (Lipinski definition) is 8. The van der Waals surface area contributed by atoms with Crippen LogP contribution in [0.1, 0.15) is 15.2 Å². The van der Waals surface area contributed by atoms with Gasteiger partial charge in [0.05, 0.1) is 16.9 Å². The highest BCUT2D eigenvalue weighted by Crippen LogP contribution is 2.31. The molecule has 2 aromatic rings. The van der Waals surface area contributed by atoms with Crippen LogP contribution in [0.3, 0.4) is 0 Å². The Balaban J connectivity index is 1.66. The molecule has 7 nitrogen and oxygen atoms in total. The van der Waals surface area contributed by atoms with Crippen molar-refractivity contribution in [3.8, 4) is 5.75 Å². The number of thiocarbonyl (C=S) groups is 1. The molecule has 28 heavy (non-hydrogen) atoms. The topological polar surface area (TPSA) is 84.9 Å². The van der Waals surface area contributed by atoms with Crippen molar-refractivity contribution in [1.29, 1.82) is 0 Å². The first-order valence-corrected chi connectivity index (χ1v) is 10.0. The molecule has 0 bridgehead atoms. The highest BCUT2D eigenvalue weighted by molar-refractivity contribution is 8.26. The summed E-state index contributed by atoms with van der Waals surface area (Å²) < 4.78 is 10.0. The van der Waals surface area contributed by atoms with Gasteiger partial charge in [0.1, 0.15) is 5.75 Å². The maximum Gasteiger partial charge on any atom is 0.343 e. The summed E-state index contributed by atoms with van der Waals surface area (Å²) in [5, 5.41) is 2.85. The van der Waals surface area contributed by atoms with Gasteiger partial charge in [-0.25, -0.2) is 4.79 Å². The van der Waals surface area contributed by atoms with E-state index in [1.807, 2.05) is 0 Å². The average Bonchev–Trinajstić information content (AvgIpc) is 3.32. The minimum absolute atomic E-state index is 0.182. The minimum atomic E-state index is -0.475. The second-order valence-electron chi connectivity index (χ2n) is 5.37. The molecule has 3 rings (SSSR count). The Morgan fingerprint density at radius 3 is 2.64 bits per heavy atom. The molecule has 1 fully saturated rings. The van der Waals surface area contributed by atoms with Gasteiger partial charge in [-0.3, -0.25) is 15.0 Å². The lowest BCUT2D eigenvalue weighted by Crippen LogP contribution is -2.44. The molecule has 0 saturated carbocycles. The highest BCUT2D eigenvalue weighted by atomic mass is 32.2. The summed E-state index contributed by atoms with van der Waals surface area (Å²) in [7, 11) is 1.29. The fraction of sp³-hybridized carbons (Fsp3) is 0.111. The minimum Gasteiger partial charge on any atom is -0.482 e. The van der Waals surface area contributed by atoms with Crippen LogP contribution in [0.15, 0.2) is 46.7 Å². The van der Waals surface area contributed by atoms with Crippen LogP contribution in [0.5, 0.6) is 5.75 Å². The second kappa shape index (κ2) is 9.00. The van der Waals surface area contributed by atoms with E-state index < -0.39 is 11.9 Å². The van der Waals surface area contributed by atoms with Crippen LogP contribution in [0.2, 0.25) is 0 Å². The number of benzene rings is 1. The van der Waals surface area contributed by atoms with E-state index in [-0.39, 0.29) is 16.8 Å². The third-order valence-corrected chi connectivity index (χ3v) is 5.69. The normalized spacial score (nSPS) is 15.0. The lowest BCUT2D eigenvalue weighted by Gasteiger charge is -2.14. The van der Waals surface area contributed by atoms with Crippen molar-refractivity contribution in [2.75, 3.05) is 13.7 Å². The molecule has 2 amide bonds. The van der Waals surface area contributed by atoms with Crippen LogP contribution in [0.4, 0.5) is 0 Å². The number of rotatable bonds is 6. The number of carbonyl (C=O) groups excluding carboxylic acids is 3. The van der Waals surface area contributed by atoms with Gasteiger partial charge in [0.15, 0.2) is 10.9 Å². The Morgan fingerprint density at radius 1 is 1.25 bits per heavy atom. The van der Waals surface area contributed by atoms with Crippen LogP contribution in [0.25, 0.3) is 6.08 Å². The summed E-state index contributed by atoms with van der Waals surface area (Å²) in [6.07, 6.45) is 1.67. The van der Waals surface area contributed by atoms with Gasteiger partial charge < -0.3 is 9.47 Å². The molecule has 0 atom stereocenters. The predicted molar refractivity (Wildman–Crippen MR) is 111 cm³/mol. The van der Waals surface area contributed by atoms with Crippen molar-refractivity contribution in [1.82, 2.24) is 10.4 Å². The number of carbonyl (C=O) groups is 3. The van der Waals surface area contributed by atoms with Crippen LogP contribution in [-0.2, 0) is 14.3 Å². The zero-order valence-corrected chi connectivity index (χ0v) is 17.0. The lowest BCUT2D eigenvalue weighted by atomic mass is 10.2.